The quantitative estimate of drug-likeness (QED) is 0.891. The van der Waals surface area contributed by atoms with E-state index < -0.39 is 0 Å². The lowest BCUT2D eigenvalue weighted by molar-refractivity contribution is -0.127. The van der Waals surface area contributed by atoms with Crippen LogP contribution in [0.5, 0.6) is 0 Å². The minimum atomic E-state index is -0.0779. The number of likely N-dealkylation sites (tertiary alicyclic amines) is 1. The van der Waals surface area contributed by atoms with Crippen molar-refractivity contribution in [3.05, 3.63) is 35.9 Å². The van der Waals surface area contributed by atoms with Crippen molar-refractivity contribution in [2.75, 3.05) is 20.1 Å². The molecule has 3 atom stereocenters. The second kappa shape index (κ2) is 8.01. The van der Waals surface area contributed by atoms with Gasteiger partial charge < -0.3 is 15.1 Å². The first-order chi connectivity index (χ1) is 13.1. The maximum atomic E-state index is 12.9. The summed E-state index contributed by atoms with van der Waals surface area (Å²) in [6, 6.07) is 10.9. The number of carbonyl (C=O) groups is 2. The fourth-order valence-electron chi connectivity index (χ4n) is 5.19. The van der Waals surface area contributed by atoms with Crippen molar-refractivity contribution in [3.63, 3.8) is 0 Å². The van der Waals surface area contributed by atoms with Gasteiger partial charge in [-0.05, 0) is 57.7 Å². The highest BCUT2D eigenvalue weighted by atomic mass is 16.2. The van der Waals surface area contributed by atoms with Gasteiger partial charge in [0.15, 0.2) is 0 Å². The smallest absolute Gasteiger partial charge is 0.253 e. The maximum Gasteiger partial charge on any atom is 0.253 e. The number of fused-ring (bicyclic) bond motifs is 2. The molecular weight excluding hydrogens is 338 g/mol. The van der Waals surface area contributed by atoms with E-state index in [9.17, 15) is 9.59 Å². The van der Waals surface area contributed by atoms with Crippen LogP contribution in [0.25, 0.3) is 0 Å². The number of amides is 2. The molecule has 3 fully saturated rings. The SMILES string of the molecule is CN1C2CCCC1CC(NC(=O)C1CCCN(C(=O)c3ccccc3)C1)C2. The molecule has 3 aliphatic heterocycles. The van der Waals surface area contributed by atoms with Crippen LogP contribution in [-0.2, 0) is 4.79 Å². The lowest BCUT2D eigenvalue weighted by atomic mass is 9.82. The lowest BCUT2D eigenvalue weighted by Crippen LogP contribution is -2.56. The summed E-state index contributed by atoms with van der Waals surface area (Å²) in [7, 11) is 2.24. The summed E-state index contributed by atoms with van der Waals surface area (Å²) in [5, 5.41) is 3.33. The zero-order chi connectivity index (χ0) is 18.8. The molecule has 27 heavy (non-hydrogen) atoms. The standard InChI is InChI=1S/C22H31N3O2/c1-24-19-10-5-11-20(24)14-18(13-19)23-21(26)17-9-6-12-25(15-17)22(27)16-7-3-2-4-8-16/h2-4,7-8,17-20H,5-6,9-15H2,1H3,(H,23,26). The van der Waals surface area contributed by atoms with Crippen molar-refractivity contribution in [2.24, 2.45) is 5.92 Å². The van der Waals surface area contributed by atoms with Gasteiger partial charge in [0.05, 0.1) is 5.92 Å². The van der Waals surface area contributed by atoms with E-state index in [1.807, 2.05) is 35.2 Å². The van der Waals surface area contributed by atoms with E-state index in [0.717, 1.165) is 32.2 Å². The second-order valence-electron chi connectivity index (χ2n) is 8.54. The van der Waals surface area contributed by atoms with Gasteiger partial charge >= 0.3 is 0 Å². The molecular formula is C22H31N3O2. The minimum Gasteiger partial charge on any atom is -0.353 e. The third-order valence-corrected chi connectivity index (χ3v) is 6.79. The molecule has 2 bridgehead atoms. The Labute approximate surface area is 162 Å². The molecule has 5 nitrogen and oxygen atoms in total. The van der Waals surface area contributed by atoms with Gasteiger partial charge in [-0.15, -0.1) is 0 Å². The topological polar surface area (TPSA) is 52.7 Å². The van der Waals surface area contributed by atoms with E-state index in [0.29, 0.717) is 30.2 Å². The molecule has 2 amide bonds. The van der Waals surface area contributed by atoms with Crippen LogP contribution in [-0.4, -0.2) is 59.9 Å². The second-order valence-corrected chi connectivity index (χ2v) is 8.54. The molecule has 3 heterocycles. The predicted octanol–water partition coefficient (Wildman–Crippen LogP) is 2.67. The molecule has 0 aliphatic carbocycles. The Balaban J connectivity index is 1.34. The first-order valence-electron chi connectivity index (χ1n) is 10.5. The highest BCUT2D eigenvalue weighted by Gasteiger charge is 2.37. The van der Waals surface area contributed by atoms with Gasteiger partial charge in [-0.2, -0.15) is 0 Å². The predicted molar refractivity (Wildman–Crippen MR) is 105 cm³/mol. The molecule has 146 valence electrons. The number of hydrogen-bond acceptors (Lipinski definition) is 3. The average Bonchev–Trinajstić information content (AvgIpc) is 2.69. The Hall–Kier alpha value is -1.88. The average molecular weight is 370 g/mol. The molecule has 3 aliphatic rings. The largest absolute Gasteiger partial charge is 0.353 e. The summed E-state index contributed by atoms with van der Waals surface area (Å²) < 4.78 is 0. The normalized spacial score (nSPS) is 31.4. The fourth-order valence-corrected chi connectivity index (χ4v) is 5.19. The summed E-state index contributed by atoms with van der Waals surface area (Å²) in [5.41, 5.74) is 0.710. The Morgan fingerprint density at radius 2 is 1.70 bits per heavy atom. The van der Waals surface area contributed by atoms with Gasteiger partial charge in [0.25, 0.3) is 5.91 Å². The summed E-state index contributed by atoms with van der Waals surface area (Å²) in [4.78, 5) is 30.0. The molecule has 0 saturated carbocycles. The van der Waals surface area contributed by atoms with Crippen molar-refractivity contribution in [1.82, 2.24) is 15.1 Å². The number of nitrogens with one attached hydrogen (secondary N) is 1. The molecule has 0 radical (unpaired) electrons. The molecule has 1 aromatic carbocycles. The van der Waals surface area contributed by atoms with Gasteiger partial charge in [0.2, 0.25) is 5.91 Å². The molecule has 1 N–H and O–H groups in total. The minimum absolute atomic E-state index is 0.0434. The zero-order valence-electron chi connectivity index (χ0n) is 16.3. The Morgan fingerprint density at radius 3 is 2.41 bits per heavy atom. The van der Waals surface area contributed by atoms with Crippen molar-refractivity contribution in [3.8, 4) is 0 Å². The van der Waals surface area contributed by atoms with Crippen molar-refractivity contribution in [1.29, 1.82) is 0 Å². The molecule has 0 spiro atoms. The fraction of sp³-hybridized carbons (Fsp3) is 0.636. The third-order valence-electron chi connectivity index (χ3n) is 6.79. The van der Waals surface area contributed by atoms with Gasteiger partial charge in [-0.1, -0.05) is 24.6 Å². The van der Waals surface area contributed by atoms with E-state index in [4.69, 9.17) is 0 Å². The van der Waals surface area contributed by atoms with Crippen LogP contribution in [0, 0.1) is 5.92 Å². The molecule has 3 saturated heterocycles. The monoisotopic (exact) mass is 369 g/mol. The number of piperidine rings is 3. The van der Waals surface area contributed by atoms with Crippen LogP contribution in [0.1, 0.15) is 55.3 Å². The van der Waals surface area contributed by atoms with E-state index >= 15 is 0 Å². The van der Waals surface area contributed by atoms with E-state index in [1.165, 1.54) is 19.3 Å². The van der Waals surface area contributed by atoms with Crippen LogP contribution >= 0.6 is 0 Å². The Kier molecular flexibility index (Phi) is 5.48. The van der Waals surface area contributed by atoms with Crippen molar-refractivity contribution < 1.29 is 9.59 Å². The first-order valence-corrected chi connectivity index (χ1v) is 10.5. The van der Waals surface area contributed by atoms with Gasteiger partial charge in [-0.3, -0.25) is 9.59 Å². The van der Waals surface area contributed by atoms with E-state index in [-0.39, 0.29) is 17.7 Å². The van der Waals surface area contributed by atoms with Crippen LogP contribution in [0.15, 0.2) is 30.3 Å². The Bertz CT molecular complexity index is 663. The molecule has 0 aromatic heterocycles. The summed E-state index contributed by atoms with van der Waals surface area (Å²) in [6.07, 6.45) is 7.74. The highest BCUT2D eigenvalue weighted by Crippen LogP contribution is 2.33. The number of carbonyl (C=O) groups excluding carboxylic acids is 2. The third kappa shape index (κ3) is 4.03. The lowest BCUT2D eigenvalue weighted by Gasteiger charge is -2.47. The molecule has 4 rings (SSSR count). The Morgan fingerprint density at radius 1 is 1.00 bits per heavy atom. The van der Waals surface area contributed by atoms with Gasteiger partial charge in [0.1, 0.15) is 0 Å². The molecule has 1 aromatic rings. The molecule has 3 unspecified atom stereocenters. The van der Waals surface area contributed by atoms with E-state index in [1.54, 1.807) is 0 Å². The number of benzene rings is 1. The van der Waals surface area contributed by atoms with Crippen molar-refractivity contribution in [2.45, 2.75) is 63.1 Å². The van der Waals surface area contributed by atoms with Gasteiger partial charge in [0, 0.05) is 36.8 Å². The van der Waals surface area contributed by atoms with Crippen molar-refractivity contribution >= 4 is 11.8 Å². The maximum absolute atomic E-state index is 12.9. The summed E-state index contributed by atoms with van der Waals surface area (Å²) in [6.45, 7) is 1.29. The summed E-state index contributed by atoms with van der Waals surface area (Å²) >= 11 is 0. The molecule has 5 heteroatoms. The van der Waals surface area contributed by atoms with Crippen LogP contribution < -0.4 is 5.32 Å². The number of rotatable bonds is 3. The number of hydrogen-bond donors (Lipinski definition) is 1. The van der Waals surface area contributed by atoms with E-state index in [2.05, 4.69) is 17.3 Å². The highest BCUT2D eigenvalue weighted by molar-refractivity contribution is 5.94. The van der Waals surface area contributed by atoms with Crippen LogP contribution in [0.2, 0.25) is 0 Å². The van der Waals surface area contributed by atoms with Crippen LogP contribution in [0.3, 0.4) is 0 Å². The van der Waals surface area contributed by atoms with Gasteiger partial charge in [-0.25, -0.2) is 0 Å². The summed E-state index contributed by atoms with van der Waals surface area (Å²) in [5.74, 6) is 0.112. The number of nitrogens with zero attached hydrogens (tertiary/aromatic N) is 2. The first kappa shape index (κ1) is 18.5. The van der Waals surface area contributed by atoms with Crippen LogP contribution in [0.4, 0.5) is 0 Å². The zero-order valence-corrected chi connectivity index (χ0v) is 16.3.